The molecule has 4 rings (SSSR count). The van der Waals surface area contributed by atoms with Crippen molar-refractivity contribution in [1.82, 2.24) is 9.97 Å². The molecule has 0 saturated heterocycles. The lowest BCUT2D eigenvalue weighted by Crippen LogP contribution is -1.98. The number of hydrogen-bond donors (Lipinski definition) is 2. The smallest absolute Gasteiger partial charge is 0.227 e. The van der Waals surface area contributed by atoms with E-state index in [1.54, 1.807) is 17.5 Å². The van der Waals surface area contributed by atoms with Gasteiger partial charge in [0.1, 0.15) is 0 Å². The highest BCUT2D eigenvalue weighted by Crippen LogP contribution is 2.31. The van der Waals surface area contributed by atoms with Crippen LogP contribution in [0.1, 0.15) is 5.56 Å². The molecule has 4 nitrogen and oxygen atoms in total. The Kier molecular flexibility index (Phi) is 3.56. The fourth-order valence-electron chi connectivity index (χ4n) is 2.52. The standard InChI is InChI=1S/C16H13BrN4S/c17-15-4-3-14(22-15)13-6-8-19-16(21-13)20-11-1-2-12-10(9-11)5-7-18-12/h1-4,6,8-9,18H,5,7H2,(H,19,20,21). The Morgan fingerprint density at radius 2 is 2.14 bits per heavy atom. The molecule has 0 amide bonds. The number of aromatic nitrogens is 2. The minimum atomic E-state index is 0.618. The molecule has 1 aromatic carbocycles. The largest absolute Gasteiger partial charge is 0.384 e. The molecule has 0 unspecified atom stereocenters. The van der Waals surface area contributed by atoms with Gasteiger partial charge in [-0.25, -0.2) is 9.97 Å². The maximum atomic E-state index is 4.60. The van der Waals surface area contributed by atoms with Crippen molar-refractivity contribution in [3.63, 3.8) is 0 Å². The van der Waals surface area contributed by atoms with Gasteiger partial charge in [0.2, 0.25) is 5.95 Å². The fraction of sp³-hybridized carbons (Fsp3) is 0.125. The summed E-state index contributed by atoms with van der Waals surface area (Å²) in [5.41, 5.74) is 4.51. The van der Waals surface area contributed by atoms with E-state index in [1.165, 1.54) is 11.3 Å². The predicted octanol–water partition coefficient (Wildman–Crippen LogP) is 4.68. The highest BCUT2D eigenvalue weighted by molar-refractivity contribution is 9.11. The van der Waals surface area contributed by atoms with Crippen LogP contribution in [-0.2, 0) is 6.42 Å². The third kappa shape index (κ3) is 2.71. The molecule has 0 saturated carbocycles. The second-order valence-electron chi connectivity index (χ2n) is 5.04. The maximum absolute atomic E-state index is 4.60. The lowest BCUT2D eigenvalue weighted by Gasteiger charge is -2.07. The van der Waals surface area contributed by atoms with E-state index in [4.69, 9.17) is 0 Å². The lowest BCUT2D eigenvalue weighted by molar-refractivity contribution is 1.10. The summed E-state index contributed by atoms with van der Waals surface area (Å²) in [6.45, 7) is 1.01. The second kappa shape index (κ2) is 5.70. The summed E-state index contributed by atoms with van der Waals surface area (Å²) >= 11 is 5.15. The number of anilines is 3. The Bertz CT molecular complexity index is 831. The van der Waals surface area contributed by atoms with Gasteiger partial charge in [-0.15, -0.1) is 11.3 Å². The summed E-state index contributed by atoms with van der Waals surface area (Å²) in [4.78, 5) is 10.0. The lowest BCUT2D eigenvalue weighted by atomic mass is 10.1. The molecule has 0 bridgehead atoms. The SMILES string of the molecule is Brc1ccc(-c2ccnc(Nc3ccc4c(c3)CCN4)n2)s1. The highest BCUT2D eigenvalue weighted by Gasteiger charge is 2.11. The van der Waals surface area contributed by atoms with E-state index >= 15 is 0 Å². The minimum absolute atomic E-state index is 0.618. The molecule has 1 aliphatic rings. The topological polar surface area (TPSA) is 49.8 Å². The van der Waals surface area contributed by atoms with Crippen LogP contribution in [0.4, 0.5) is 17.3 Å². The first-order valence-corrected chi connectivity index (χ1v) is 8.61. The van der Waals surface area contributed by atoms with Crippen molar-refractivity contribution in [1.29, 1.82) is 0 Å². The molecule has 110 valence electrons. The molecular weight excluding hydrogens is 360 g/mol. The average Bonchev–Trinajstić information content (AvgIpc) is 3.16. The monoisotopic (exact) mass is 372 g/mol. The number of fused-ring (bicyclic) bond motifs is 1. The Morgan fingerprint density at radius 3 is 3.00 bits per heavy atom. The molecule has 0 aliphatic carbocycles. The van der Waals surface area contributed by atoms with Crippen LogP contribution in [-0.4, -0.2) is 16.5 Å². The van der Waals surface area contributed by atoms with Crippen LogP contribution in [0.2, 0.25) is 0 Å². The number of halogens is 1. The van der Waals surface area contributed by atoms with Gasteiger partial charge in [0, 0.05) is 24.1 Å². The van der Waals surface area contributed by atoms with E-state index in [-0.39, 0.29) is 0 Å². The second-order valence-corrected chi connectivity index (χ2v) is 7.51. The fourth-order valence-corrected chi connectivity index (χ4v) is 3.88. The molecule has 6 heteroatoms. The molecule has 0 atom stereocenters. The Balaban J connectivity index is 1.61. The summed E-state index contributed by atoms with van der Waals surface area (Å²) in [6.07, 6.45) is 2.85. The van der Waals surface area contributed by atoms with Crippen LogP contribution in [0.5, 0.6) is 0 Å². The first kappa shape index (κ1) is 13.7. The third-order valence-electron chi connectivity index (χ3n) is 3.55. The summed E-state index contributed by atoms with van der Waals surface area (Å²) in [7, 11) is 0. The molecule has 2 aromatic heterocycles. The Labute approximate surface area is 140 Å². The predicted molar refractivity (Wildman–Crippen MR) is 95.0 cm³/mol. The van der Waals surface area contributed by atoms with Gasteiger partial charge in [0.05, 0.1) is 14.4 Å². The quantitative estimate of drug-likeness (QED) is 0.700. The normalized spacial score (nSPS) is 12.8. The zero-order valence-corrected chi connectivity index (χ0v) is 14.0. The molecule has 22 heavy (non-hydrogen) atoms. The maximum Gasteiger partial charge on any atom is 0.227 e. The number of benzene rings is 1. The first-order chi connectivity index (χ1) is 10.8. The molecule has 0 fully saturated rings. The van der Waals surface area contributed by atoms with Gasteiger partial charge in [-0.05, 0) is 64.3 Å². The van der Waals surface area contributed by atoms with Crippen LogP contribution >= 0.6 is 27.3 Å². The van der Waals surface area contributed by atoms with Gasteiger partial charge >= 0.3 is 0 Å². The van der Waals surface area contributed by atoms with Crippen molar-refractivity contribution in [2.75, 3.05) is 17.2 Å². The molecule has 3 aromatic rings. The minimum Gasteiger partial charge on any atom is -0.384 e. The van der Waals surface area contributed by atoms with Crippen molar-refractivity contribution in [2.45, 2.75) is 6.42 Å². The van der Waals surface area contributed by atoms with E-state index < -0.39 is 0 Å². The third-order valence-corrected chi connectivity index (χ3v) is 5.20. The van der Waals surface area contributed by atoms with Gasteiger partial charge in [-0.2, -0.15) is 0 Å². The zero-order chi connectivity index (χ0) is 14.9. The van der Waals surface area contributed by atoms with Gasteiger partial charge < -0.3 is 10.6 Å². The number of nitrogens with zero attached hydrogens (tertiary/aromatic N) is 2. The van der Waals surface area contributed by atoms with E-state index in [9.17, 15) is 0 Å². The van der Waals surface area contributed by atoms with E-state index in [0.717, 1.165) is 33.0 Å². The summed E-state index contributed by atoms with van der Waals surface area (Å²) < 4.78 is 1.10. The number of nitrogens with one attached hydrogen (secondary N) is 2. The van der Waals surface area contributed by atoms with Crippen molar-refractivity contribution in [2.24, 2.45) is 0 Å². The van der Waals surface area contributed by atoms with Gasteiger partial charge in [0.15, 0.2) is 0 Å². The van der Waals surface area contributed by atoms with Crippen LogP contribution in [0, 0.1) is 0 Å². The summed E-state index contributed by atoms with van der Waals surface area (Å²) in [5, 5.41) is 6.66. The first-order valence-electron chi connectivity index (χ1n) is 7.00. The van der Waals surface area contributed by atoms with Crippen molar-refractivity contribution < 1.29 is 0 Å². The molecule has 0 spiro atoms. The Morgan fingerprint density at radius 1 is 1.18 bits per heavy atom. The zero-order valence-electron chi connectivity index (χ0n) is 11.6. The average molecular weight is 373 g/mol. The van der Waals surface area contributed by atoms with Crippen LogP contribution in [0.25, 0.3) is 10.6 Å². The van der Waals surface area contributed by atoms with E-state index in [1.807, 2.05) is 12.1 Å². The van der Waals surface area contributed by atoms with Crippen LogP contribution < -0.4 is 10.6 Å². The van der Waals surface area contributed by atoms with Gasteiger partial charge in [-0.3, -0.25) is 0 Å². The van der Waals surface area contributed by atoms with Crippen LogP contribution in [0.15, 0.2) is 46.4 Å². The highest BCUT2D eigenvalue weighted by atomic mass is 79.9. The van der Waals surface area contributed by atoms with Gasteiger partial charge in [-0.1, -0.05) is 0 Å². The summed E-state index contributed by atoms with van der Waals surface area (Å²) in [6, 6.07) is 12.3. The summed E-state index contributed by atoms with van der Waals surface area (Å²) in [5.74, 6) is 0.618. The van der Waals surface area contributed by atoms with E-state index in [0.29, 0.717) is 5.95 Å². The van der Waals surface area contributed by atoms with E-state index in [2.05, 4.69) is 60.8 Å². The molecule has 1 aliphatic heterocycles. The van der Waals surface area contributed by atoms with Crippen molar-refractivity contribution in [3.05, 3.63) is 51.9 Å². The molecule has 2 N–H and O–H groups in total. The molecule has 0 radical (unpaired) electrons. The Hall–Kier alpha value is -1.92. The van der Waals surface area contributed by atoms with Crippen molar-refractivity contribution in [3.8, 4) is 10.6 Å². The number of rotatable bonds is 3. The molecular formula is C16H13BrN4S. The molecule has 3 heterocycles. The van der Waals surface area contributed by atoms with Gasteiger partial charge in [0.25, 0.3) is 0 Å². The van der Waals surface area contributed by atoms with Crippen molar-refractivity contribution >= 4 is 44.6 Å². The number of hydrogen-bond acceptors (Lipinski definition) is 5. The number of thiophene rings is 1. The van der Waals surface area contributed by atoms with Crippen LogP contribution in [0.3, 0.4) is 0 Å².